The van der Waals surface area contributed by atoms with Crippen molar-refractivity contribution in [1.29, 1.82) is 0 Å². The van der Waals surface area contributed by atoms with Crippen LogP contribution in [0.5, 0.6) is 0 Å². The molecule has 0 bridgehead atoms. The molecule has 254 valence electrons. The molecule has 0 aromatic rings. The van der Waals surface area contributed by atoms with E-state index in [1.165, 1.54) is 154 Å². The first-order valence-corrected chi connectivity index (χ1v) is 20.4. The van der Waals surface area contributed by atoms with Crippen LogP contribution in [0.2, 0.25) is 0 Å². The molecule has 0 aromatic heterocycles. The number of fused-ring (bicyclic) bond motifs is 1. The van der Waals surface area contributed by atoms with Crippen LogP contribution in [0.15, 0.2) is 48.6 Å². The molecule has 0 heterocycles. The SMILES string of the molecule is CCCCCC=CCC=CCCCCCCCCC1(CCCCCCCCC=CCC=CCCCCC)CC2CCCCC21. The van der Waals surface area contributed by atoms with E-state index in [-0.39, 0.29) is 0 Å². The second-order valence-corrected chi connectivity index (χ2v) is 14.9. The number of hydrogen-bond donors (Lipinski definition) is 0. The fourth-order valence-corrected chi connectivity index (χ4v) is 8.40. The molecule has 0 radical (unpaired) electrons. The van der Waals surface area contributed by atoms with Crippen LogP contribution in [0.4, 0.5) is 0 Å². The second-order valence-electron chi connectivity index (χ2n) is 14.9. The smallest absolute Gasteiger partial charge is 0.0169 e. The predicted molar refractivity (Wildman–Crippen MR) is 200 cm³/mol. The summed E-state index contributed by atoms with van der Waals surface area (Å²) in [7, 11) is 0. The van der Waals surface area contributed by atoms with Crippen molar-refractivity contribution in [3.8, 4) is 0 Å². The third kappa shape index (κ3) is 18.8. The molecular formula is C44H78. The highest BCUT2D eigenvalue weighted by molar-refractivity contribution is 5.02. The van der Waals surface area contributed by atoms with Crippen LogP contribution < -0.4 is 0 Å². The first kappa shape index (κ1) is 39.1. The summed E-state index contributed by atoms with van der Waals surface area (Å²) < 4.78 is 0. The molecule has 0 saturated heterocycles. The van der Waals surface area contributed by atoms with Crippen molar-refractivity contribution in [3.05, 3.63) is 48.6 Å². The minimum atomic E-state index is 0.759. The normalized spacial score (nSPS) is 22.1. The Morgan fingerprint density at radius 2 is 0.818 bits per heavy atom. The summed E-state index contributed by atoms with van der Waals surface area (Å²) >= 11 is 0. The standard InChI is InChI=1S/C44H78/c1-3-5-7-9-11-13-15-17-19-21-23-25-27-29-31-35-39-44(41-42-37-33-34-38-43(42)44)40-36-32-30-28-26-24-22-20-18-16-14-12-10-8-6-4-2/h11-14,17-20,42-43H,3-10,15-16,21-41H2,1-2H3. The summed E-state index contributed by atoms with van der Waals surface area (Å²) in [5.41, 5.74) is 0.759. The van der Waals surface area contributed by atoms with Crippen LogP contribution in [0.25, 0.3) is 0 Å². The Bertz CT molecular complexity index is 687. The molecular weight excluding hydrogens is 528 g/mol. The van der Waals surface area contributed by atoms with E-state index < -0.39 is 0 Å². The van der Waals surface area contributed by atoms with Gasteiger partial charge in [-0.05, 0) is 107 Å². The van der Waals surface area contributed by atoms with E-state index in [0.29, 0.717) is 0 Å². The number of allylic oxidation sites excluding steroid dienone is 8. The number of rotatable bonds is 30. The highest BCUT2D eigenvalue weighted by atomic mass is 14.6. The molecule has 0 aliphatic heterocycles. The van der Waals surface area contributed by atoms with E-state index in [9.17, 15) is 0 Å². The Balaban J connectivity index is 1.47. The van der Waals surface area contributed by atoms with Crippen LogP contribution in [0, 0.1) is 17.3 Å². The van der Waals surface area contributed by atoms with Gasteiger partial charge in [0.15, 0.2) is 0 Å². The van der Waals surface area contributed by atoms with Crippen LogP contribution in [0.3, 0.4) is 0 Å². The van der Waals surface area contributed by atoms with Crippen molar-refractivity contribution in [1.82, 2.24) is 0 Å². The van der Waals surface area contributed by atoms with Crippen molar-refractivity contribution >= 4 is 0 Å². The van der Waals surface area contributed by atoms with Crippen molar-refractivity contribution in [3.63, 3.8) is 0 Å². The summed E-state index contributed by atoms with van der Waals surface area (Å²) in [5.74, 6) is 2.21. The molecule has 2 atom stereocenters. The molecule has 2 aliphatic carbocycles. The molecule has 2 rings (SSSR count). The van der Waals surface area contributed by atoms with Gasteiger partial charge in [-0.2, -0.15) is 0 Å². The van der Waals surface area contributed by atoms with Gasteiger partial charge in [-0.3, -0.25) is 0 Å². The minimum Gasteiger partial charge on any atom is -0.0882 e. The molecule has 44 heavy (non-hydrogen) atoms. The van der Waals surface area contributed by atoms with E-state index in [0.717, 1.165) is 30.1 Å². The van der Waals surface area contributed by atoms with Crippen molar-refractivity contribution in [2.75, 3.05) is 0 Å². The number of unbranched alkanes of at least 4 members (excludes halogenated alkanes) is 18. The Morgan fingerprint density at radius 1 is 0.432 bits per heavy atom. The Kier molecular flexibility index (Phi) is 25.1. The van der Waals surface area contributed by atoms with E-state index in [4.69, 9.17) is 0 Å². The molecule has 0 spiro atoms. The lowest BCUT2D eigenvalue weighted by Crippen LogP contribution is -2.49. The van der Waals surface area contributed by atoms with Gasteiger partial charge in [0.1, 0.15) is 0 Å². The largest absolute Gasteiger partial charge is 0.0882 e. The molecule has 2 saturated carbocycles. The average Bonchev–Trinajstić information content (AvgIpc) is 3.03. The fourth-order valence-electron chi connectivity index (χ4n) is 8.40. The van der Waals surface area contributed by atoms with Gasteiger partial charge in [0.05, 0.1) is 0 Å². The Labute approximate surface area is 278 Å². The lowest BCUT2D eigenvalue weighted by Gasteiger charge is -2.58. The average molecular weight is 607 g/mol. The van der Waals surface area contributed by atoms with Crippen molar-refractivity contribution in [2.24, 2.45) is 17.3 Å². The quantitative estimate of drug-likeness (QED) is 0.0563. The third-order valence-corrected chi connectivity index (χ3v) is 11.1. The lowest BCUT2D eigenvalue weighted by molar-refractivity contribution is -0.0856. The van der Waals surface area contributed by atoms with Gasteiger partial charge >= 0.3 is 0 Å². The fraction of sp³-hybridized carbons (Fsp3) is 0.818. The Hall–Kier alpha value is -1.04. The maximum Gasteiger partial charge on any atom is -0.0169 e. The molecule has 0 N–H and O–H groups in total. The molecule has 2 fully saturated rings. The molecule has 0 aromatic carbocycles. The number of hydrogen-bond acceptors (Lipinski definition) is 0. The summed E-state index contributed by atoms with van der Waals surface area (Å²) in [6.07, 6.45) is 62.9. The summed E-state index contributed by atoms with van der Waals surface area (Å²) in [6.45, 7) is 4.56. The highest BCUT2D eigenvalue weighted by Crippen LogP contribution is 2.62. The van der Waals surface area contributed by atoms with E-state index >= 15 is 0 Å². The van der Waals surface area contributed by atoms with Crippen LogP contribution in [0.1, 0.15) is 213 Å². The zero-order chi connectivity index (χ0) is 31.2. The van der Waals surface area contributed by atoms with Gasteiger partial charge in [0.2, 0.25) is 0 Å². The minimum absolute atomic E-state index is 0.759. The molecule has 0 nitrogen and oxygen atoms in total. The summed E-state index contributed by atoms with van der Waals surface area (Å²) in [6, 6.07) is 0. The first-order valence-electron chi connectivity index (χ1n) is 20.4. The van der Waals surface area contributed by atoms with Gasteiger partial charge in [-0.15, -0.1) is 0 Å². The third-order valence-electron chi connectivity index (χ3n) is 11.1. The summed E-state index contributed by atoms with van der Waals surface area (Å²) in [5, 5.41) is 0. The highest BCUT2D eigenvalue weighted by Gasteiger charge is 2.52. The topological polar surface area (TPSA) is 0 Å². The second kappa shape index (κ2) is 28.2. The van der Waals surface area contributed by atoms with Gasteiger partial charge < -0.3 is 0 Å². The molecule has 0 heteroatoms. The molecule has 2 aliphatic rings. The van der Waals surface area contributed by atoms with Crippen LogP contribution >= 0.6 is 0 Å². The van der Waals surface area contributed by atoms with Crippen LogP contribution in [-0.4, -0.2) is 0 Å². The zero-order valence-electron chi connectivity index (χ0n) is 30.2. The van der Waals surface area contributed by atoms with Gasteiger partial charge in [0, 0.05) is 0 Å². The molecule has 2 unspecified atom stereocenters. The van der Waals surface area contributed by atoms with E-state index in [1.807, 2.05) is 0 Å². The van der Waals surface area contributed by atoms with Crippen LogP contribution in [-0.2, 0) is 0 Å². The monoisotopic (exact) mass is 607 g/mol. The predicted octanol–water partition coefficient (Wildman–Crippen LogP) is 15.6. The van der Waals surface area contributed by atoms with E-state index in [2.05, 4.69) is 62.5 Å². The van der Waals surface area contributed by atoms with Gasteiger partial charge in [-0.1, -0.05) is 172 Å². The maximum absolute atomic E-state index is 2.42. The van der Waals surface area contributed by atoms with Gasteiger partial charge in [-0.25, -0.2) is 0 Å². The Morgan fingerprint density at radius 3 is 1.25 bits per heavy atom. The van der Waals surface area contributed by atoms with Gasteiger partial charge in [0.25, 0.3) is 0 Å². The summed E-state index contributed by atoms with van der Waals surface area (Å²) in [4.78, 5) is 0. The first-order chi connectivity index (χ1) is 21.8. The maximum atomic E-state index is 2.42. The van der Waals surface area contributed by atoms with Crippen molar-refractivity contribution < 1.29 is 0 Å². The van der Waals surface area contributed by atoms with E-state index in [1.54, 1.807) is 32.1 Å². The lowest BCUT2D eigenvalue weighted by atomic mass is 9.46. The molecule has 0 amide bonds. The van der Waals surface area contributed by atoms with Crippen molar-refractivity contribution in [2.45, 2.75) is 213 Å². The zero-order valence-corrected chi connectivity index (χ0v) is 30.2.